The van der Waals surface area contributed by atoms with Gasteiger partial charge in [0.1, 0.15) is 11.6 Å². The van der Waals surface area contributed by atoms with E-state index in [4.69, 9.17) is 31.3 Å². The first kappa shape index (κ1) is 84.7. The third-order valence-electron chi connectivity index (χ3n) is 12.3. The Hall–Kier alpha value is -3.79. The van der Waals surface area contributed by atoms with Crippen molar-refractivity contribution in [1.82, 2.24) is 15.7 Å². The molecule has 0 bridgehead atoms. The van der Waals surface area contributed by atoms with Crippen LogP contribution >= 0.6 is 12.2 Å². The first-order valence-electron chi connectivity index (χ1n) is 31.9. The number of Topliss-reactive ketones (excluding diaryl/α,β-unsaturated/α-hetero) is 2. The molecular weight excluding hydrogens is 1050 g/mol. The second-order valence-corrected chi connectivity index (χ2v) is 24.6. The fraction of sp³-hybridized carbons (Fsp3) is 0.806. The summed E-state index contributed by atoms with van der Waals surface area (Å²) < 4.78 is 16.2. The van der Waals surface area contributed by atoms with Gasteiger partial charge < -0.3 is 44.6 Å². The van der Waals surface area contributed by atoms with Crippen LogP contribution in [0.3, 0.4) is 0 Å². The fourth-order valence-corrected chi connectivity index (χ4v) is 7.24. The minimum atomic E-state index is -0.575. The second-order valence-electron chi connectivity index (χ2n) is 24.2. The van der Waals surface area contributed by atoms with Crippen LogP contribution in [-0.4, -0.2) is 98.2 Å². The molecule has 0 saturated carbocycles. The molecule has 14 nitrogen and oxygen atoms in total. The van der Waals surface area contributed by atoms with E-state index in [1.807, 2.05) is 12.1 Å². The van der Waals surface area contributed by atoms with E-state index in [9.17, 15) is 28.8 Å². The van der Waals surface area contributed by atoms with Crippen LogP contribution in [0.15, 0.2) is 24.3 Å². The van der Waals surface area contributed by atoms with Crippen molar-refractivity contribution < 1.29 is 47.8 Å². The van der Waals surface area contributed by atoms with E-state index in [0.717, 1.165) is 127 Å². The minimum absolute atomic E-state index is 0.00734. The quantitative estimate of drug-likeness (QED) is 0.0322. The Morgan fingerprint density at radius 1 is 0.488 bits per heavy atom. The highest BCUT2D eigenvalue weighted by Gasteiger charge is 2.32. The summed E-state index contributed by atoms with van der Waals surface area (Å²) in [4.78, 5) is 71.6. The van der Waals surface area contributed by atoms with Crippen LogP contribution in [0.1, 0.15) is 264 Å². The summed E-state index contributed by atoms with van der Waals surface area (Å²) in [6.45, 7) is 42.1. The number of amides is 3. The number of aryl methyl sites for hydroxylation is 1. The molecule has 1 saturated heterocycles. The topological polar surface area (TPSA) is 179 Å². The highest BCUT2D eigenvalue weighted by Crippen LogP contribution is 2.15. The Kier molecular flexibility index (Phi) is 62.3. The van der Waals surface area contributed by atoms with Gasteiger partial charge in [-0.2, -0.15) is 0 Å². The number of rotatable bonds is 39. The predicted molar refractivity (Wildman–Crippen MR) is 347 cm³/mol. The standard InChI is InChI=1S/C19H32N2O6.C15H24N2OS.C9H20.2C8H16O.C8H18O/c1-15(2)11-13-26-14-12-20-16(22)7-5-3-4-6-8-19(25)27-21-17(23)9-10-18(21)24;1-12(2)8-10-18-11-9-16-15(19)17-14-6-4-13(3)5-7-14;1-4-5-6-7-8-9(2)3;2*1-7(2)5-4-6-8(3)9;1-4-6-9-7-5-8(2)3/h15H,3-14H2,1-2H3,(H,20,22);4-7,12H,8-11H2,1-3H3,(H2,16,17,19);9H,4-8H2,1-3H3;2*7H,4-6H2,1-3H3;8H,4-7H2,1-3H3. The summed E-state index contributed by atoms with van der Waals surface area (Å²) in [6, 6.07) is 8.14. The van der Waals surface area contributed by atoms with Gasteiger partial charge in [0.15, 0.2) is 5.11 Å². The first-order chi connectivity index (χ1) is 38.8. The Bertz CT molecular complexity index is 1650. The smallest absolute Gasteiger partial charge is 0.333 e. The van der Waals surface area contributed by atoms with Crippen molar-refractivity contribution in [1.29, 1.82) is 0 Å². The molecule has 0 spiro atoms. The number of imide groups is 1. The molecule has 82 heavy (non-hydrogen) atoms. The van der Waals surface area contributed by atoms with Gasteiger partial charge in [-0.15, -0.1) is 5.06 Å². The van der Waals surface area contributed by atoms with Gasteiger partial charge in [-0.25, -0.2) is 4.79 Å². The van der Waals surface area contributed by atoms with Crippen LogP contribution in [0, 0.1) is 42.4 Å². The fourth-order valence-electron chi connectivity index (χ4n) is 7.02. The van der Waals surface area contributed by atoms with Crippen LogP contribution in [0.4, 0.5) is 5.69 Å². The number of carbonyl (C=O) groups is 6. The predicted octanol–water partition coefficient (Wildman–Crippen LogP) is 16.3. The Balaban J connectivity index is -0.000000480. The molecule has 1 fully saturated rings. The van der Waals surface area contributed by atoms with Gasteiger partial charge in [0.25, 0.3) is 11.8 Å². The average Bonchev–Trinajstić information content (AvgIpc) is 3.71. The van der Waals surface area contributed by atoms with Crippen LogP contribution in [-0.2, 0) is 47.8 Å². The Labute approximate surface area is 508 Å². The van der Waals surface area contributed by atoms with Crippen LogP contribution in [0.2, 0.25) is 0 Å². The van der Waals surface area contributed by atoms with E-state index in [0.29, 0.717) is 66.2 Å². The van der Waals surface area contributed by atoms with E-state index in [1.54, 1.807) is 13.8 Å². The zero-order valence-corrected chi connectivity index (χ0v) is 56.4. The lowest BCUT2D eigenvalue weighted by molar-refractivity contribution is -0.197. The lowest BCUT2D eigenvalue weighted by atomic mass is 10.1. The molecule has 0 unspecified atom stereocenters. The SMILES string of the molecule is CC(=O)CCCC(C)C.CC(=O)CCCC(C)C.CC(C)CCOCCNC(=O)CCCCCCC(=O)ON1C(=O)CCC1=O.CCCCCCC(C)C.CCCOCCC(C)C.Cc1ccc(NC(=S)NCCOCCC(C)C)cc1. The number of unbranched alkanes of at least 4 members (excludes halogenated alkanes) is 6. The van der Waals surface area contributed by atoms with Crippen molar-refractivity contribution in [2.24, 2.45) is 35.5 Å². The Morgan fingerprint density at radius 2 is 0.890 bits per heavy atom. The average molecular weight is 1180 g/mol. The zero-order chi connectivity index (χ0) is 62.9. The van der Waals surface area contributed by atoms with Crippen molar-refractivity contribution in [2.75, 3.05) is 58.0 Å². The van der Waals surface area contributed by atoms with E-state index >= 15 is 0 Å². The maximum atomic E-state index is 11.7. The summed E-state index contributed by atoms with van der Waals surface area (Å²) in [5, 5.41) is 10.3. The molecular formula is C67H126N4O10S. The van der Waals surface area contributed by atoms with Crippen molar-refractivity contribution in [2.45, 2.75) is 265 Å². The molecule has 1 aliphatic rings. The zero-order valence-electron chi connectivity index (χ0n) is 55.6. The molecule has 1 aromatic carbocycles. The van der Waals surface area contributed by atoms with Crippen LogP contribution in [0.5, 0.6) is 0 Å². The maximum absolute atomic E-state index is 11.7. The number of ketones is 2. The van der Waals surface area contributed by atoms with Crippen LogP contribution < -0.4 is 16.0 Å². The summed E-state index contributed by atoms with van der Waals surface area (Å²) in [5.41, 5.74) is 2.24. The van der Waals surface area contributed by atoms with Crippen molar-refractivity contribution in [3.05, 3.63) is 29.8 Å². The number of thiocarbonyl (C=S) groups is 1. The lowest BCUT2D eigenvalue weighted by Gasteiger charge is -2.12. The van der Waals surface area contributed by atoms with Gasteiger partial charge >= 0.3 is 5.97 Å². The van der Waals surface area contributed by atoms with Gasteiger partial charge in [0.05, 0.1) is 13.2 Å². The number of hydroxylamine groups is 2. The van der Waals surface area contributed by atoms with Gasteiger partial charge in [0, 0.05) is 83.7 Å². The van der Waals surface area contributed by atoms with E-state index in [-0.39, 0.29) is 25.2 Å². The number of benzene rings is 1. The molecule has 1 heterocycles. The largest absolute Gasteiger partial charge is 0.381 e. The summed E-state index contributed by atoms with van der Waals surface area (Å²) >= 11 is 5.21. The second kappa shape index (κ2) is 60.3. The third kappa shape index (κ3) is 70.5. The number of hydrogen-bond acceptors (Lipinski definition) is 11. The molecule has 2 rings (SSSR count). The molecule has 480 valence electrons. The summed E-state index contributed by atoms with van der Waals surface area (Å²) in [6.07, 6.45) is 21.3. The van der Waals surface area contributed by atoms with E-state index in [1.165, 1.54) is 56.9 Å². The minimum Gasteiger partial charge on any atom is -0.381 e. The number of carbonyl (C=O) groups excluding carboxylic acids is 6. The van der Waals surface area contributed by atoms with Crippen molar-refractivity contribution in [3.8, 4) is 0 Å². The van der Waals surface area contributed by atoms with Crippen molar-refractivity contribution >= 4 is 58.3 Å². The highest BCUT2D eigenvalue weighted by molar-refractivity contribution is 7.80. The van der Waals surface area contributed by atoms with Gasteiger partial charge in [-0.05, 0) is 132 Å². The number of nitrogens with zero attached hydrogens (tertiary/aromatic N) is 1. The third-order valence-corrected chi connectivity index (χ3v) is 12.5. The lowest BCUT2D eigenvalue weighted by Crippen LogP contribution is -2.31. The molecule has 1 aliphatic heterocycles. The molecule has 0 atom stereocenters. The molecule has 0 radical (unpaired) electrons. The monoisotopic (exact) mass is 1180 g/mol. The van der Waals surface area contributed by atoms with E-state index < -0.39 is 17.8 Å². The highest BCUT2D eigenvalue weighted by atomic mass is 32.1. The molecule has 0 aliphatic carbocycles. The number of nitrogens with one attached hydrogen (secondary N) is 3. The number of anilines is 1. The molecule has 3 amide bonds. The summed E-state index contributed by atoms with van der Waals surface area (Å²) in [7, 11) is 0. The maximum Gasteiger partial charge on any atom is 0.333 e. The van der Waals surface area contributed by atoms with Crippen molar-refractivity contribution in [3.63, 3.8) is 0 Å². The Morgan fingerprint density at radius 3 is 1.30 bits per heavy atom. The molecule has 3 N–H and O–H groups in total. The van der Waals surface area contributed by atoms with Gasteiger partial charge in [0.2, 0.25) is 5.91 Å². The molecule has 1 aromatic rings. The van der Waals surface area contributed by atoms with Gasteiger partial charge in [-0.1, -0.05) is 172 Å². The van der Waals surface area contributed by atoms with Gasteiger partial charge in [-0.3, -0.25) is 14.4 Å². The van der Waals surface area contributed by atoms with Crippen LogP contribution in [0.25, 0.3) is 0 Å². The molecule has 0 aromatic heterocycles. The normalized spacial score (nSPS) is 11.7. The number of ether oxygens (including phenoxy) is 3. The first-order valence-corrected chi connectivity index (χ1v) is 32.3. The number of hydrogen-bond donors (Lipinski definition) is 3. The summed E-state index contributed by atoms with van der Waals surface area (Å²) in [5.74, 6) is 3.60. The van der Waals surface area contributed by atoms with E-state index in [2.05, 4.69) is 132 Å². The molecule has 15 heteroatoms.